The monoisotopic (exact) mass is 792 g/mol. The van der Waals surface area contributed by atoms with Gasteiger partial charge in [-0.25, -0.2) is 0 Å². The first-order chi connectivity index (χ1) is 19.8. The molecule has 0 amide bonds. The second kappa shape index (κ2) is 15.9. The number of aromatic nitrogens is 4. The molecule has 0 fully saturated rings. The van der Waals surface area contributed by atoms with Crippen LogP contribution in [0.1, 0.15) is 0 Å². The molecule has 0 atom stereocenters. The topological polar surface area (TPSA) is 51.6 Å². The minimum Gasteiger partial charge on any atom is -1.00 e. The first kappa shape index (κ1) is 34.9. The van der Waals surface area contributed by atoms with Crippen LogP contribution in [0, 0.1) is 12.1 Å². The molecule has 0 N–H and O–H groups in total. The van der Waals surface area contributed by atoms with Crippen molar-refractivity contribution < 1.29 is 65.7 Å². The summed E-state index contributed by atoms with van der Waals surface area (Å²) in [5.74, 6) is 0. The van der Waals surface area contributed by atoms with Gasteiger partial charge in [0.05, 0.1) is 11.0 Å². The molecule has 0 saturated carbocycles. The minimum absolute atomic E-state index is 0. The summed E-state index contributed by atoms with van der Waals surface area (Å²) in [6, 6.07) is 50.8. The predicted octanol–water partition coefficient (Wildman–Crippen LogP) is 2.50. The number of rotatable bonds is 2. The van der Waals surface area contributed by atoms with Gasteiger partial charge in [-0.3, -0.25) is 9.97 Å². The van der Waals surface area contributed by atoms with E-state index in [1.165, 1.54) is 0 Å². The van der Waals surface area contributed by atoms with Gasteiger partial charge in [-0.2, -0.15) is 24.3 Å². The summed E-state index contributed by atoms with van der Waals surface area (Å²) in [5, 5.41) is 4.46. The third-order valence-corrected chi connectivity index (χ3v) is 6.75. The maximum atomic E-state index is 4.66. The van der Waals surface area contributed by atoms with Crippen LogP contribution in [0.2, 0.25) is 0 Å². The van der Waals surface area contributed by atoms with E-state index in [0.29, 0.717) is 0 Å². The fourth-order valence-electron chi connectivity index (χ4n) is 4.68. The number of benzene rings is 4. The molecule has 44 heavy (non-hydrogen) atoms. The standard InChI is InChI=1S/2C18H11N2.2ClH.2Pd/c2*1-3-7-15-13(5-1)9-11-17(19-15)18-12-10-14-6-2-4-8-16(14)20-18;;;;/h2*1-11H;2*1H;;/q2*-1;;;2*+2/p-2. The summed E-state index contributed by atoms with van der Waals surface area (Å²) in [7, 11) is 0. The molecule has 0 unspecified atom stereocenters. The number of halogens is 2. The normalized spacial score (nSPS) is 10.0. The molecule has 8 aromatic rings. The van der Waals surface area contributed by atoms with Gasteiger partial charge >= 0.3 is 40.8 Å². The first-order valence-corrected chi connectivity index (χ1v) is 13.1. The van der Waals surface area contributed by atoms with Gasteiger partial charge in [0, 0.05) is 11.0 Å². The van der Waals surface area contributed by atoms with Gasteiger partial charge in [-0.15, -0.1) is 12.1 Å². The summed E-state index contributed by atoms with van der Waals surface area (Å²) in [5.41, 5.74) is 7.18. The van der Waals surface area contributed by atoms with E-state index in [2.05, 4.69) is 56.3 Å². The third-order valence-electron chi connectivity index (χ3n) is 6.75. The van der Waals surface area contributed by atoms with Crippen LogP contribution in [0.15, 0.2) is 133 Å². The van der Waals surface area contributed by atoms with Gasteiger partial charge in [0.1, 0.15) is 0 Å². The van der Waals surface area contributed by atoms with Gasteiger partial charge in [0.25, 0.3) is 0 Å². The number of nitrogens with zero attached hydrogens (tertiary/aromatic N) is 4. The maximum Gasteiger partial charge on any atom is 2.00 e. The van der Waals surface area contributed by atoms with E-state index in [9.17, 15) is 0 Å². The molecule has 8 rings (SSSR count). The molecule has 8 heteroatoms. The summed E-state index contributed by atoms with van der Waals surface area (Å²) >= 11 is 0. The summed E-state index contributed by atoms with van der Waals surface area (Å²) in [6.07, 6.45) is 0. The van der Waals surface area contributed by atoms with Crippen LogP contribution in [0.4, 0.5) is 0 Å². The zero-order chi connectivity index (χ0) is 26.7. The van der Waals surface area contributed by atoms with E-state index in [4.69, 9.17) is 0 Å². The van der Waals surface area contributed by atoms with Crippen molar-refractivity contribution in [2.75, 3.05) is 0 Å². The predicted molar refractivity (Wildman–Crippen MR) is 163 cm³/mol. The maximum absolute atomic E-state index is 4.66. The van der Waals surface area contributed by atoms with Crippen molar-refractivity contribution in [2.45, 2.75) is 0 Å². The van der Waals surface area contributed by atoms with E-state index >= 15 is 0 Å². The SMILES string of the molecule is [Cl-].[Cl-].[Pd+2].[Pd+2].[c-]1cc2ccccc2nc1-c1ccc2ccccc2n1.[c-]1cc2ccccc2nc1-c1ccc2ccccc2n1. The van der Waals surface area contributed by atoms with Crippen LogP contribution >= 0.6 is 0 Å². The van der Waals surface area contributed by atoms with Crippen LogP contribution in [0.5, 0.6) is 0 Å². The number of hydrogen-bond donors (Lipinski definition) is 0. The van der Waals surface area contributed by atoms with Gasteiger partial charge in [0.2, 0.25) is 0 Å². The quantitative estimate of drug-likeness (QED) is 0.200. The van der Waals surface area contributed by atoms with E-state index in [1.54, 1.807) is 0 Å². The minimum atomic E-state index is 0. The largest absolute Gasteiger partial charge is 2.00 e. The molecule has 4 nitrogen and oxygen atoms in total. The molecule has 0 aliphatic heterocycles. The molecule has 220 valence electrons. The van der Waals surface area contributed by atoms with Crippen molar-refractivity contribution in [3.63, 3.8) is 0 Å². The van der Waals surface area contributed by atoms with Crippen molar-refractivity contribution in [2.24, 2.45) is 0 Å². The Morgan fingerprint density at radius 2 is 0.659 bits per heavy atom. The molecule has 4 aromatic carbocycles. The van der Waals surface area contributed by atoms with Gasteiger partial charge in [0.15, 0.2) is 0 Å². The van der Waals surface area contributed by atoms with Gasteiger partial charge < -0.3 is 34.8 Å². The summed E-state index contributed by atoms with van der Waals surface area (Å²) in [6.45, 7) is 0. The summed E-state index contributed by atoms with van der Waals surface area (Å²) < 4.78 is 0. The average molecular weight is 794 g/mol. The van der Waals surface area contributed by atoms with Gasteiger partial charge in [-0.1, -0.05) is 95.7 Å². The van der Waals surface area contributed by atoms with Gasteiger partial charge in [-0.05, 0) is 57.8 Å². The Morgan fingerprint density at radius 1 is 0.341 bits per heavy atom. The van der Waals surface area contributed by atoms with E-state index in [-0.39, 0.29) is 65.7 Å². The smallest absolute Gasteiger partial charge is 1.00 e. The molecule has 0 saturated heterocycles. The van der Waals surface area contributed by atoms with Crippen LogP contribution in [0.25, 0.3) is 66.4 Å². The van der Waals surface area contributed by atoms with E-state index < -0.39 is 0 Å². The van der Waals surface area contributed by atoms with Crippen LogP contribution in [0.3, 0.4) is 0 Å². The molecule has 4 aromatic heterocycles. The Balaban J connectivity index is 0.000000220. The number of hydrogen-bond acceptors (Lipinski definition) is 4. The van der Waals surface area contributed by atoms with Crippen molar-refractivity contribution in [3.05, 3.63) is 146 Å². The van der Waals surface area contributed by atoms with Crippen molar-refractivity contribution in [1.29, 1.82) is 0 Å². The number of fused-ring (bicyclic) bond motifs is 4. The molecule has 0 spiro atoms. The van der Waals surface area contributed by atoms with E-state index in [1.807, 2.05) is 109 Å². The average Bonchev–Trinajstić information content (AvgIpc) is 3.04. The fourth-order valence-corrected chi connectivity index (χ4v) is 4.68. The van der Waals surface area contributed by atoms with E-state index in [0.717, 1.165) is 66.4 Å². The Bertz CT molecular complexity index is 1850. The van der Waals surface area contributed by atoms with Crippen molar-refractivity contribution in [3.8, 4) is 22.8 Å². The second-order valence-corrected chi connectivity index (χ2v) is 9.39. The first-order valence-electron chi connectivity index (χ1n) is 13.1. The molecule has 4 heterocycles. The molecule has 0 aliphatic rings. The Kier molecular flexibility index (Phi) is 12.6. The van der Waals surface area contributed by atoms with Crippen molar-refractivity contribution in [1.82, 2.24) is 19.9 Å². The third kappa shape index (κ3) is 7.55. The van der Waals surface area contributed by atoms with Crippen LogP contribution in [-0.2, 0) is 40.8 Å². The van der Waals surface area contributed by atoms with Crippen molar-refractivity contribution >= 4 is 43.6 Å². The second-order valence-electron chi connectivity index (χ2n) is 9.39. The molecule has 0 bridgehead atoms. The van der Waals surface area contributed by atoms with Crippen LogP contribution in [-0.4, -0.2) is 19.9 Å². The zero-order valence-corrected chi connectivity index (χ0v) is 27.5. The molecular weight excluding hydrogens is 772 g/mol. The molecule has 0 radical (unpaired) electrons. The zero-order valence-electron chi connectivity index (χ0n) is 22.9. The molecular formula is C36H22Cl2N4Pd2. The Morgan fingerprint density at radius 3 is 1.05 bits per heavy atom. The Hall–Kier alpha value is -3.58. The number of pyridine rings is 4. The van der Waals surface area contributed by atoms with Crippen LogP contribution < -0.4 is 24.8 Å². The fraction of sp³-hybridized carbons (Fsp3) is 0. The molecule has 0 aliphatic carbocycles. The summed E-state index contributed by atoms with van der Waals surface area (Å²) in [4.78, 5) is 18.6. The Labute approximate surface area is 295 Å². The number of para-hydroxylation sites is 4.